The van der Waals surface area contributed by atoms with Crippen molar-refractivity contribution in [3.05, 3.63) is 35.1 Å². The second-order valence-electron chi connectivity index (χ2n) is 4.88. The summed E-state index contributed by atoms with van der Waals surface area (Å²) in [5, 5.41) is 0. The summed E-state index contributed by atoms with van der Waals surface area (Å²) in [4.78, 5) is 11.6. The molecule has 0 bridgehead atoms. The maximum atomic E-state index is 13.3. The standard InChI is InChI=1S/C12H13F3O/c1-12(2,3)6-9(16)7-4-5-8(13)11(15)10(7)14/h4-5H,6H2,1-3H3. The van der Waals surface area contributed by atoms with Crippen LogP contribution in [-0.2, 0) is 0 Å². The van der Waals surface area contributed by atoms with Gasteiger partial charge in [-0.3, -0.25) is 4.79 Å². The molecule has 0 amide bonds. The van der Waals surface area contributed by atoms with Crippen LogP contribution < -0.4 is 0 Å². The van der Waals surface area contributed by atoms with Crippen molar-refractivity contribution in [2.75, 3.05) is 0 Å². The van der Waals surface area contributed by atoms with Crippen LogP contribution in [0.5, 0.6) is 0 Å². The number of Topliss-reactive ketones (excluding diaryl/α,β-unsaturated/α-hetero) is 1. The van der Waals surface area contributed by atoms with Crippen molar-refractivity contribution < 1.29 is 18.0 Å². The van der Waals surface area contributed by atoms with Gasteiger partial charge in [0.1, 0.15) is 0 Å². The molecule has 0 atom stereocenters. The molecular formula is C12H13F3O. The number of rotatable bonds is 2. The van der Waals surface area contributed by atoms with E-state index in [1.165, 1.54) is 0 Å². The lowest BCUT2D eigenvalue weighted by molar-refractivity contribution is 0.0934. The molecule has 4 heteroatoms. The van der Waals surface area contributed by atoms with E-state index in [0.717, 1.165) is 12.1 Å². The molecule has 0 aliphatic heterocycles. The second kappa shape index (κ2) is 4.28. The average Bonchev–Trinajstić information content (AvgIpc) is 2.11. The lowest BCUT2D eigenvalue weighted by Crippen LogP contribution is -2.15. The van der Waals surface area contributed by atoms with Crippen LogP contribution in [-0.4, -0.2) is 5.78 Å². The van der Waals surface area contributed by atoms with Crippen LogP contribution >= 0.6 is 0 Å². The third-order valence-electron chi connectivity index (χ3n) is 2.03. The summed E-state index contributed by atoms with van der Waals surface area (Å²) < 4.78 is 38.8. The Morgan fingerprint density at radius 2 is 1.69 bits per heavy atom. The third kappa shape index (κ3) is 2.84. The van der Waals surface area contributed by atoms with E-state index in [-0.39, 0.29) is 11.8 Å². The van der Waals surface area contributed by atoms with Gasteiger partial charge < -0.3 is 0 Å². The Balaban J connectivity index is 3.06. The summed E-state index contributed by atoms with van der Waals surface area (Å²) in [7, 11) is 0. The van der Waals surface area contributed by atoms with Gasteiger partial charge in [0.2, 0.25) is 0 Å². The van der Waals surface area contributed by atoms with Gasteiger partial charge in [0.25, 0.3) is 0 Å². The number of benzene rings is 1. The van der Waals surface area contributed by atoms with E-state index in [1.807, 2.05) is 20.8 Å². The molecule has 1 aromatic rings. The topological polar surface area (TPSA) is 17.1 Å². The highest BCUT2D eigenvalue weighted by atomic mass is 19.2. The van der Waals surface area contributed by atoms with Crippen molar-refractivity contribution in [3.63, 3.8) is 0 Å². The number of halogens is 3. The zero-order valence-corrected chi connectivity index (χ0v) is 9.40. The SMILES string of the molecule is CC(C)(C)CC(=O)c1ccc(F)c(F)c1F. The quantitative estimate of drug-likeness (QED) is 0.559. The Morgan fingerprint density at radius 3 is 2.19 bits per heavy atom. The van der Waals surface area contributed by atoms with Gasteiger partial charge in [-0.05, 0) is 17.5 Å². The molecule has 0 aliphatic rings. The maximum Gasteiger partial charge on any atom is 0.195 e. The van der Waals surface area contributed by atoms with Gasteiger partial charge in [0.15, 0.2) is 23.2 Å². The largest absolute Gasteiger partial charge is 0.294 e. The minimum atomic E-state index is -1.60. The van der Waals surface area contributed by atoms with Gasteiger partial charge in [0.05, 0.1) is 5.56 Å². The van der Waals surface area contributed by atoms with Gasteiger partial charge in [-0.15, -0.1) is 0 Å². The second-order valence-corrected chi connectivity index (χ2v) is 4.88. The predicted molar refractivity (Wildman–Crippen MR) is 54.7 cm³/mol. The predicted octanol–water partition coefficient (Wildman–Crippen LogP) is 3.72. The zero-order chi connectivity index (χ0) is 12.5. The van der Waals surface area contributed by atoms with Gasteiger partial charge in [0, 0.05) is 6.42 Å². The van der Waals surface area contributed by atoms with E-state index in [1.54, 1.807) is 0 Å². The fraction of sp³-hybridized carbons (Fsp3) is 0.417. The molecular weight excluding hydrogens is 217 g/mol. The summed E-state index contributed by atoms with van der Waals surface area (Å²) in [5.41, 5.74) is -0.720. The minimum Gasteiger partial charge on any atom is -0.294 e. The molecule has 0 saturated carbocycles. The highest BCUT2D eigenvalue weighted by molar-refractivity contribution is 5.96. The van der Waals surface area contributed by atoms with Crippen LogP contribution in [0.2, 0.25) is 0 Å². The number of carbonyl (C=O) groups excluding carboxylic acids is 1. The van der Waals surface area contributed by atoms with Crippen molar-refractivity contribution in [3.8, 4) is 0 Å². The molecule has 0 saturated heterocycles. The molecule has 16 heavy (non-hydrogen) atoms. The fourth-order valence-corrected chi connectivity index (χ4v) is 1.32. The molecule has 0 spiro atoms. The summed E-state index contributed by atoms with van der Waals surface area (Å²) in [6.45, 7) is 5.42. The molecule has 1 rings (SSSR count). The van der Waals surface area contributed by atoms with Crippen molar-refractivity contribution in [1.29, 1.82) is 0 Å². The van der Waals surface area contributed by atoms with Crippen LogP contribution in [0.1, 0.15) is 37.6 Å². The van der Waals surface area contributed by atoms with Gasteiger partial charge in [-0.2, -0.15) is 0 Å². The van der Waals surface area contributed by atoms with Crippen LogP contribution in [0, 0.1) is 22.9 Å². The molecule has 0 aliphatic carbocycles. The molecule has 0 aromatic heterocycles. The van der Waals surface area contributed by atoms with E-state index >= 15 is 0 Å². The first-order valence-electron chi connectivity index (χ1n) is 4.89. The molecule has 0 unspecified atom stereocenters. The first-order valence-corrected chi connectivity index (χ1v) is 4.89. The minimum absolute atomic E-state index is 0.0784. The number of carbonyl (C=O) groups is 1. The zero-order valence-electron chi connectivity index (χ0n) is 9.40. The summed E-state index contributed by atoms with van der Waals surface area (Å²) in [6.07, 6.45) is 0.0784. The number of hydrogen-bond acceptors (Lipinski definition) is 1. The first-order chi connectivity index (χ1) is 7.22. The molecule has 88 valence electrons. The molecule has 1 aromatic carbocycles. The van der Waals surface area contributed by atoms with Crippen LogP contribution in [0.25, 0.3) is 0 Å². The van der Waals surface area contributed by atoms with E-state index in [2.05, 4.69) is 0 Å². The van der Waals surface area contributed by atoms with Crippen molar-refractivity contribution >= 4 is 5.78 Å². The third-order valence-corrected chi connectivity index (χ3v) is 2.03. The van der Waals surface area contributed by atoms with Crippen molar-refractivity contribution in [1.82, 2.24) is 0 Å². The summed E-state index contributed by atoms with van der Waals surface area (Å²) >= 11 is 0. The fourth-order valence-electron chi connectivity index (χ4n) is 1.32. The first kappa shape index (κ1) is 12.7. The summed E-state index contributed by atoms with van der Waals surface area (Å²) in [6, 6.07) is 1.73. The van der Waals surface area contributed by atoms with E-state index < -0.39 is 28.8 Å². The monoisotopic (exact) mass is 230 g/mol. The van der Waals surface area contributed by atoms with Gasteiger partial charge in [-0.25, -0.2) is 13.2 Å². The average molecular weight is 230 g/mol. The van der Waals surface area contributed by atoms with Gasteiger partial charge >= 0.3 is 0 Å². The van der Waals surface area contributed by atoms with Crippen LogP contribution in [0.15, 0.2) is 12.1 Å². The molecule has 1 nitrogen and oxygen atoms in total. The maximum absolute atomic E-state index is 13.3. The Labute approximate surface area is 92.3 Å². The van der Waals surface area contributed by atoms with E-state index in [9.17, 15) is 18.0 Å². The lowest BCUT2D eigenvalue weighted by atomic mass is 9.88. The van der Waals surface area contributed by atoms with Crippen LogP contribution in [0.3, 0.4) is 0 Å². The van der Waals surface area contributed by atoms with Gasteiger partial charge in [-0.1, -0.05) is 20.8 Å². The lowest BCUT2D eigenvalue weighted by Gasteiger charge is -2.16. The van der Waals surface area contributed by atoms with Crippen molar-refractivity contribution in [2.45, 2.75) is 27.2 Å². The van der Waals surface area contributed by atoms with Crippen molar-refractivity contribution in [2.24, 2.45) is 5.41 Å². The Hall–Kier alpha value is -1.32. The highest BCUT2D eigenvalue weighted by Crippen LogP contribution is 2.24. The Morgan fingerprint density at radius 1 is 1.12 bits per heavy atom. The molecule has 0 N–H and O–H groups in total. The summed E-state index contributed by atoms with van der Waals surface area (Å²) in [5.74, 6) is -4.82. The molecule has 0 radical (unpaired) electrons. The smallest absolute Gasteiger partial charge is 0.195 e. The number of ketones is 1. The van der Waals surface area contributed by atoms with E-state index in [4.69, 9.17) is 0 Å². The molecule has 0 fully saturated rings. The normalized spacial score (nSPS) is 11.6. The Kier molecular flexibility index (Phi) is 3.41. The van der Waals surface area contributed by atoms with Crippen LogP contribution in [0.4, 0.5) is 13.2 Å². The van der Waals surface area contributed by atoms with E-state index in [0.29, 0.717) is 0 Å². The Bertz CT molecular complexity index is 419. The molecule has 0 heterocycles. The highest BCUT2D eigenvalue weighted by Gasteiger charge is 2.22. The number of hydrogen-bond donors (Lipinski definition) is 0.